The largest absolute Gasteiger partial charge is 0.497 e. The molecular formula is C17H15BrN2O5. The van der Waals surface area contributed by atoms with E-state index in [0.717, 1.165) is 11.3 Å². The van der Waals surface area contributed by atoms with Gasteiger partial charge in [0.1, 0.15) is 17.3 Å². The van der Waals surface area contributed by atoms with Gasteiger partial charge in [0.25, 0.3) is 11.8 Å². The monoisotopic (exact) mass is 406 g/mol. The number of rotatable bonds is 5. The normalized spacial score (nSPS) is 10.7. The average Bonchev–Trinajstić information content (AvgIpc) is 3.19. The number of esters is 1. The van der Waals surface area contributed by atoms with Crippen molar-refractivity contribution in [3.05, 3.63) is 51.7 Å². The summed E-state index contributed by atoms with van der Waals surface area (Å²) >= 11 is 3.31. The highest BCUT2D eigenvalue weighted by molar-refractivity contribution is 9.10. The third kappa shape index (κ3) is 3.74. The number of nitrogens with zero attached hydrogens (tertiary/aromatic N) is 2. The second kappa shape index (κ2) is 7.10. The highest BCUT2D eigenvalue weighted by Crippen LogP contribution is 2.26. The van der Waals surface area contributed by atoms with Gasteiger partial charge in [0, 0.05) is 4.47 Å². The van der Waals surface area contributed by atoms with Crippen LogP contribution in [0.2, 0.25) is 0 Å². The summed E-state index contributed by atoms with van der Waals surface area (Å²) in [5.41, 5.74) is 1.07. The fraction of sp³-hybridized carbons (Fsp3) is 0.235. The van der Waals surface area contributed by atoms with Crippen molar-refractivity contribution in [1.82, 2.24) is 10.2 Å². The van der Waals surface area contributed by atoms with Gasteiger partial charge in [-0.1, -0.05) is 0 Å². The molecule has 25 heavy (non-hydrogen) atoms. The van der Waals surface area contributed by atoms with Crippen LogP contribution in [-0.4, -0.2) is 23.3 Å². The van der Waals surface area contributed by atoms with Crippen molar-refractivity contribution in [2.24, 2.45) is 0 Å². The Hall–Kier alpha value is -2.61. The first kappa shape index (κ1) is 17.2. The number of carbonyl (C=O) groups excluding carboxylic acids is 1. The van der Waals surface area contributed by atoms with Crippen LogP contribution in [-0.2, 0) is 11.3 Å². The summed E-state index contributed by atoms with van der Waals surface area (Å²) in [7, 11) is 1.53. The summed E-state index contributed by atoms with van der Waals surface area (Å²) in [6, 6.07) is 6.85. The molecule has 2 heterocycles. The van der Waals surface area contributed by atoms with Crippen molar-refractivity contribution >= 4 is 21.9 Å². The molecule has 0 N–H and O–H groups in total. The van der Waals surface area contributed by atoms with E-state index in [1.807, 2.05) is 19.9 Å². The van der Waals surface area contributed by atoms with Crippen LogP contribution in [0.25, 0.3) is 11.5 Å². The Morgan fingerprint density at radius 1 is 1.20 bits per heavy atom. The van der Waals surface area contributed by atoms with Crippen molar-refractivity contribution < 1.29 is 23.1 Å². The van der Waals surface area contributed by atoms with Gasteiger partial charge in [-0.25, -0.2) is 4.79 Å². The third-order valence-corrected chi connectivity index (χ3v) is 4.15. The van der Waals surface area contributed by atoms with Crippen LogP contribution in [0.5, 0.6) is 5.75 Å². The van der Waals surface area contributed by atoms with Gasteiger partial charge in [-0.3, -0.25) is 0 Å². The number of hydrogen-bond donors (Lipinski definition) is 0. The maximum Gasteiger partial charge on any atom is 0.339 e. The molecule has 0 unspecified atom stereocenters. The van der Waals surface area contributed by atoms with E-state index >= 15 is 0 Å². The van der Waals surface area contributed by atoms with Crippen molar-refractivity contribution in [1.29, 1.82) is 0 Å². The number of aromatic nitrogens is 2. The molecule has 0 aliphatic heterocycles. The zero-order valence-electron chi connectivity index (χ0n) is 13.8. The maximum absolute atomic E-state index is 12.2. The zero-order chi connectivity index (χ0) is 18.0. The second-order valence-corrected chi connectivity index (χ2v) is 6.10. The molecule has 0 saturated carbocycles. The summed E-state index contributed by atoms with van der Waals surface area (Å²) in [6.07, 6.45) is 0. The number of aryl methyl sites for hydroxylation is 2. The summed E-state index contributed by atoms with van der Waals surface area (Å²) < 4.78 is 21.9. The first-order valence-corrected chi connectivity index (χ1v) is 8.17. The van der Waals surface area contributed by atoms with Crippen molar-refractivity contribution in [2.45, 2.75) is 20.5 Å². The Balaban J connectivity index is 1.70. The fourth-order valence-corrected chi connectivity index (χ4v) is 2.67. The van der Waals surface area contributed by atoms with E-state index in [0.29, 0.717) is 27.4 Å². The van der Waals surface area contributed by atoms with E-state index in [-0.39, 0.29) is 12.5 Å². The molecule has 0 radical (unpaired) electrons. The predicted octanol–water partition coefficient (Wildman–Crippen LogP) is 4.07. The molecule has 0 bridgehead atoms. The van der Waals surface area contributed by atoms with E-state index < -0.39 is 5.97 Å². The number of halogens is 1. The Labute approximate surface area is 152 Å². The van der Waals surface area contributed by atoms with Gasteiger partial charge in [-0.15, -0.1) is 10.2 Å². The molecule has 0 amide bonds. The SMILES string of the molecule is COc1ccc(Br)c(C(=O)OCc2nnc(-c3cc(C)oc3C)o2)c1. The van der Waals surface area contributed by atoms with E-state index in [4.69, 9.17) is 18.3 Å². The molecule has 2 aromatic heterocycles. The Morgan fingerprint density at radius 2 is 2.00 bits per heavy atom. The molecule has 8 heteroatoms. The van der Waals surface area contributed by atoms with Gasteiger partial charge in [0.05, 0.1) is 18.2 Å². The first-order valence-electron chi connectivity index (χ1n) is 7.38. The van der Waals surface area contributed by atoms with Gasteiger partial charge in [0.15, 0.2) is 6.61 Å². The molecule has 0 saturated heterocycles. The fourth-order valence-electron chi connectivity index (χ4n) is 2.26. The zero-order valence-corrected chi connectivity index (χ0v) is 15.4. The van der Waals surface area contributed by atoms with Crippen molar-refractivity contribution in [3.63, 3.8) is 0 Å². The Morgan fingerprint density at radius 3 is 2.68 bits per heavy atom. The van der Waals surface area contributed by atoms with Crippen LogP contribution in [0.4, 0.5) is 0 Å². The Bertz CT molecular complexity index is 916. The van der Waals surface area contributed by atoms with E-state index in [1.54, 1.807) is 18.2 Å². The summed E-state index contributed by atoms with van der Waals surface area (Å²) in [5, 5.41) is 7.85. The lowest BCUT2D eigenvalue weighted by molar-refractivity contribution is 0.0437. The van der Waals surface area contributed by atoms with Crippen LogP contribution in [0.3, 0.4) is 0 Å². The molecule has 0 aliphatic rings. The van der Waals surface area contributed by atoms with Gasteiger partial charge in [-0.2, -0.15) is 0 Å². The molecule has 3 rings (SSSR count). The number of hydrogen-bond acceptors (Lipinski definition) is 7. The number of carbonyl (C=O) groups is 1. The number of ether oxygens (including phenoxy) is 2. The molecular weight excluding hydrogens is 392 g/mol. The minimum atomic E-state index is -0.527. The molecule has 7 nitrogen and oxygen atoms in total. The van der Waals surface area contributed by atoms with Crippen molar-refractivity contribution in [2.75, 3.05) is 7.11 Å². The summed E-state index contributed by atoms with van der Waals surface area (Å²) in [6.45, 7) is 3.51. The van der Waals surface area contributed by atoms with Gasteiger partial charge < -0.3 is 18.3 Å². The molecule has 0 atom stereocenters. The topological polar surface area (TPSA) is 87.6 Å². The second-order valence-electron chi connectivity index (χ2n) is 5.25. The van der Waals surface area contributed by atoms with Crippen LogP contribution >= 0.6 is 15.9 Å². The lowest BCUT2D eigenvalue weighted by Crippen LogP contribution is -2.06. The summed E-state index contributed by atoms with van der Waals surface area (Å²) in [5.74, 6) is 1.98. The third-order valence-electron chi connectivity index (χ3n) is 3.46. The van der Waals surface area contributed by atoms with Crippen LogP contribution in [0, 0.1) is 13.8 Å². The minimum Gasteiger partial charge on any atom is -0.497 e. The standard InChI is InChI=1S/C17H15BrN2O5/c1-9-6-12(10(2)24-9)16-20-19-15(25-16)8-23-17(21)13-7-11(22-3)4-5-14(13)18/h4-7H,8H2,1-3H3. The lowest BCUT2D eigenvalue weighted by atomic mass is 10.2. The van der Waals surface area contributed by atoms with Crippen LogP contribution in [0.15, 0.2) is 37.6 Å². The Kier molecular flexibility index (Phi) is 4.89. The van der Waals surface area contributed by atoms with Crippen LogP contribution in [0.1, 0.15) is 27.8 Å². The highest BCUT2D eigenvalue weighted by atomic mass is 79.9. The summed E-state index contributed by atoms with van der Waals surface area (Å²) in [4.78, 5) is 12.2. The maximum atomic E-state index is 12.2. The van der Waals surface area contributed by atoms with Crippen molar-refractivity contribution in [3.8, 4) is 17.2 Å². The molecule has 0 fully saturated rings. The number of furan rings is 1. The molecule has 1 aromatic carbocycles. The number of benzene rings is 1. The molecule has 0 spiro atoms. The molecule has 3 aromatic rings. The molecule has 130 valence electrons. The van der Waals surface area contributed by atoms with E-state index in [9.17, 15) is 4.79 Å². The quantitative estimate of drug-likeness (QED) is 0.589. The lowest BCUT2D eigenvalue weighted by Gasteiger charge is -2.06. The van der Waals surface area contributed by atoms with Gasteiger partial charge >= 0.3 is 5.97 Å². The van der Waals surface area contributed by atoms with Crippen LogP contribution < -0.4 is 4.74 Å². The molecule has 0 aliphatic carbocycles. The van der Waals surface area contributed by atoms with Gasteiger partial charge in [-0.05, 0) is 54.0 Å². The smallest absolute Gasteiger partial charge is 0.339 e. The van der Waals surface area contributed by atoms with E-state index in [2.05, 4.69) is 26.1 Å². The van der Waals surface area contributed by atoms with E-state index in [1.165, 1.54) is 7.11 Å². The van der Waals surface area contributed by atoms with Gasteiger partial charge in [0.2, 0.25) is 0 Å². The highest BCUT2D eigenvalue weighted by Gasteiger charge is 2.17. The number of methoxy groups -OCH3 is 1. The predicted molar refractivity (Wildman–Crippen MR) is 91.3 cm³/mol. The average molecular weight is 407 g/mol. The minimum absolute atomic E-state index is 0.134. The first-order chi connectivity index (χ1) is 12.0.